The molecule has 3 aromatic carbocycles. The van der Waals surface area contributed by atoms with Gasteiger partial charge < -0.3 is 15.0 Å². The van der Waals surface area contributed by atoms with Crippen molar-refractivity contribution in [1.29, 1.82) is 0 Å². The van der Waals surface area contributed by atoms with Crippen molar-refractivity contribution in [1.82, 2.24) is 10.2 Å². The number of anilines is 1. The van der Waals surface area contributed by atoms with E-state index in [4.69, 9.17) is 16.3 Å². The van der Waals surface area contributed by atoms with Crippen LogP contribution >= 0.6 is 11.6 Å². The van der Waals surface area contributed by atoms with Crippen LogP contribution < -0.4 is 14.4 Å². The van der Waals surface area contributed by atoms with Gasteiger partial charge >= 0.3 is 0 Å². The molecule has 2 amide bonds. The number of nitrogens with one attached hydrogen (secondary N) is 1. The Morgan fingerprint density at radius 2 is 1.57 bits per heavy atom. The number of halogens is 1. The van der Waals surface area contributed by atoms with Crippen LogP contribution in [0.3, 0.4) is 0 Å². The van der Waals surface area contributed by atoms with E-state index in [9.17, 15) is 18.0 Å². The monoisotopic (exact) mass is 585 g/mol. The molecule has 0 aliphatic heterocycles. The van der Waals surface area contributed by atoms with Crippen LogP contribution in [0.5, 0.6) is 5.75 Å². The summed E-state index contributed by atoms with van der Waals surface area (Å²) in [4.78, 5) is 28.8. The first kappa shape index (κ1) is 31.0. The number of methoxy groups -OCH3 is 1. The van der Waals surface area contributed by atoms with Crippen LogP contribution in [-0.4, -0.2) is 51.4 Å². The molecule has 3 rings (SSSR count). The van der Waals surface area contributed by atoms with Gasteiger partial charge in [-0.05, 0) is 54.3 Å². The highest BCUT2D eigenvalue weighted by Crippen LogP contribution is 2.32. The summed E-state index contributed by atoms with van der Waals surface area (Å²) in [6.45, 7) is 5.79. The Balaban J connectivity index is 2.06. The molecule has 0 unspecified atom stereocenters. The van der Waals surface area contributed by atoms with Gasteiger partial charge in [-0.1, -0.05) is 74.8 Å². The number of ether oxygens (including phenoxy) is 1. The van der Waals surface area contributed by atoms with Crippen molar-refractivity contribution in [3.05, 3.63) is 89.4 Å². The topological polar surface area (TPSA) is 96.0 Å². The molecule has 0 saturated carbocycles. The lowest BCUT2D eigenvalue weighted by molar-refractivity contribution is -0.140. The molecule has 40 heavy (non-hydrogen) atoms. The molecule has 1 N–H and O–H groups in total. The minimum Gasteiger partial charge on any atom is -0.495 e. The minimum absolute atomic E-state index is 0.0275. The van der Waals surface area contributed by atoms with Crippen LogP contribution in [0.1, 0.15) is 32.8 Å². The van der Waals surface area contributed by atoms with Gasteiger partial charge in [-0.15, -0.1) is 0 Å². The van der Waals surface area contributed by atoms with Crippen molar-refractivity contribution in [2.24, 2.45) is 5.92 Å². The summed E-state index contributed by atoms with van der Waals surface area (Å²) in [5.41, 5.74) is 0.966. The van der Waals surface area contributed by atoms with Crippen molar-refractivity contribution in [2.75, 3.05) is 24.5 Å². The number of rotatable bonds is 13. The molecule has 8 nitrogen and oxygen atoms in total. The second-order valence-electron chi connectivity index (χ2n) is 9.71. The number of amides is 2. The molecular formula is C30H36ClN3O5S. The zero-order valence-corrected chi connectivity index (χ0v) is 24.8. The maximum Gasteiger partial charge on any atom is 0.264 e. The van der Waals surface area contributed by atoms with Gasteiger partial charge in [0.05, 0.1) is 17.7 Å². The fraction of sp³-hybridized carbons (Fsp3) is 0.333. The molecule has 0 aromatic heterocycles. The van der Waals surface area contributed by atoms with Crippen LogP contribution in [0, 0.1) is 5.92 Å². The average Bonchev–Trinajstić information content (AvgIpc) is 2.95. The molecule has 3 aromatic rings. The van der Waals surface area contributed by atoms with Crippen LogP contribution in [-0.2, 0) is 26.2 Å². The molecule has 10 heteroatoms. The van der Waals surface area contributed by atoms with E-state index >= 15 is 0 Å². The molecule has 1 atom stereocenters. The molecule has 0 spiro atoms. The van der Waals surface area contributed by atoms with E-state index in [-0.39, 0.29) is 29.0 Å². The van der Waals surface area contributed by atoms with Crippen LogP contribution in [0.15, 0.2) is 83.8 Å². The van der Waals surface area contributed by atoms with E-state index in [1.54, 1.807) is 66.7 Å². The molecule has 0 fully saturated rings. The van der Waals surface area contributed by atoms with E-state index in [1.807, 2.05) is 20.8 Å². The smallest absolute Gasteiger partial charge is 0.264 e. The van der Waals surface area contributed by atoms with Gasteiger partial charge in [-0.2, -0.15) is 0 Å². The molecule has 214 valence electrons. The van der Waals surface area contributed by atoms with Crippen molar-refractivity contribution in [3.8, 4) is 5.75 Å². The second-order valence-corrected chi connectivity index (χ2v) is 12.0. The Bertz CT molecular complexity index is 1380. The van der Waals surface area contributed by atoms with Gasteiger partial charge in [0.15, 0.2) is 0 Å². The third kappa shape index (κ3) is 7.76. The van der Waals surface area contributed by atoms with Crippen molar-refractivity contribution < 1.29 is 22.7 Å². The minimum atomic E-state index is -4.18. The summed E-state index contributed by atoms with van der Waals surface area (Å²) in [5, 5.41) is 3.46. The summed E-state index contributed by atoms with van der Waals surface area (Å²) >= 11 is 6.07. The van der Waals surface area contributed by atoms with Gasteiger partial charge in [-0.3, -0.25) is 13.9 Å². The normalized spacial score (nSPS) is 12.1. The zero-order chi connectivity index (χ0) is 29.3. The lowest BCUT2D eigenvalue weighted by Gasteiger charge is -2.33. The summed E-state index contributed by atoms with van der Waals surface area (Å²) in [5.74, 6) is -0.320. The number of hydrogen-bond acceptors (Lipinski definition) is 5. The molecule has 0 radical (unpaired) electrons. The fourth-order valence-electron chi connectivity index (χ4n) is 4.20. The Kier molecular flexibility index (Phi) is 11.0. The predicted octanol–water partition coefficient (Wildman–Crippen LogP) is 5.12. The number of hydrogen-bond donors (Lipinski definition) is 1. The summed E-state index contributed by atoms with van der Waals surface area (Å²) in [7, 11) is -2.74. The number of nitrogens with zero attached hydrogens (tertiary/aromatic N) is 2. The van der Waals surface area contributed by atoms with Gasteiger partial charge in [0.2, 0.25) is 11.8 Å². The Hall–Kier alpha value is -3.56. The lowest BCUT2D eigenvalue weighted by Crippen LogP contribution is -2.52. The maximum absolute atomic E-state index is 14.1. The number of carbonyl (C=O) groups excluding carboxylic acids is 2. The second kappa shape index (κ2) is 14.2. The van der Waals surface area contributed by atoms with Gasteiger partial charge in [0.25, 0.3) is 10.0 Å². The summed E-state index contributed by atoms with van der Waals surface area (Å²) in [6, 6.07) is 20.7. The lowest BCUT2D eigenvalue weighted by atomic mass is 10.1. The molecule has 0 aliphatic carbocycles. The van der Waals surface area contributed by atoms with Crippen molar-refractivity contribution in [3.63, 3.8) is 0 Å². The number of para-hydroxylation sites is 2. The highest BCUT2D eigenvalue weighted by atomic mass is 35.5. The van der Waals surface area contributed by atoms with E-state index in [1.165, 1.54) is 24.1 Å². The first-order valence-electron chi connectivity index (χ1n) is 13.1. The van der Waals surface area contributed by atoms with E-state index < -0.39 is 28.5 Å². The SMILES string of the molecule is CC[C@@H](C(=O)NCC(C)C)N(Cc1ccc(Cl)cc1)C(=O)CN(c1ccccc1OC)S(=O)(=O)c1ccccc1. The van der Waals surface area contributed by atoms with Gasteiger partial charge in [0.1, 0.15) is 18.3 Å². The summed E-state index contributed by atoms with van der Waals surface area (Å²) in [6.07, 6.45) is 0.337. The Morgan fingerprint density at radius 3 is 2.17 bits per heavy atom. The molecular weight excluding hydrogens is 550 g/mol. The average molecular weight is 586 g/mol. The standard InChI is InChI=1S/C30H36ClN3O5S/c1-5-26(30(36)32-19-22(2)3)33(20-23-15-17-24(31)18-16-23)29(35)21-34(27-13-9-10-14-28(27)39-4)40(37,38)25-11-7-6-8-12-25/h6-18,22,26H,5,19-21H2,1-4H3,(H,32,36)/t26-/m0/s1. The summed E-state index contributed by atoms with van der Waals surface area (Å²) < 4.78 is 34.3. The molecule has 0 aliphatic rings. The van der Waals surface area contributed by atoms with Crippen molar-refractivity contribution in [2.45, 2.75) is 44.7 Å². The first-order chi connectivity index (χ1) is 19.1. The fourth-order valence-corrected chi connectivity index (χ4v) is 5.77. The van der Waals surface area contributed by atoms with Crippen LogP contribution in [0.2, 0.25) is 5.02 Å². The predicted molar refractivity (Wildman–Crippen MR) is 158 cm³/mol. The number of benzene rings is 3. The first-order valence-corrected chi connectivity index (χ1v) is 14.9. The van der Waals surface area contributed by atoms with Gasteiger partial charge in [-0.25, -0.2) is 8.42 Å². The third-order valence-electron chi connectivity index (χ3n) is 6.30. The van der Waals surface area contributed by atoms with E-state index in [2.05, 4.69) is 5.32 Å². The van der Waals surface area contributed by atoms with Crippen LogP contribution in [0.4, 0.5) is 5.69 Å². The van der Waals surface area contributed by atoms with Crippen LogP contribution in [0.25, 0.3) is 0 Å². The Morgan fingerprint density at radius 1 is 0.950 bits per heavy atom. The molecule has 0 saturated heterocycles. The molecule has 0 heterocycles. The maximum atomic E-state index is 14.1. The van der Waals surface area contributed by atoms with E-state index in [0.29, 0.717) is 23.7 Å². The number of sulfonamides is 1. The quantitative estimate of drug-likeness (QED) is 0.300. The third-order valence-corrected chi connectivity index (χ3v) is 8.33. The van der Waals surface area contributed by atoms with Crippen molar-refractivity contribution >= 4 is 39.1 Å². The largest absolute Gasteiger partial charge is 0.495 e. The molecule has 0 bridgehead atoms. The van der Waals surface area contributed by atoms with Gasteiger partial charge in [0, 0.05) is 18.1 Å². The Labute approximate surface area is 241 Å². The zero-order valence-electron chi connectivity index (χ0n) is 23.2. The highest BCUT2D eigenvalue weighted by Gasteiger charge is 2.34. The highest BCUT2D eigenvalue weighted by molar-refractivity contribution is 7.92. The van der Waals surface area contributed by atoms with E-state index in [0.717, 1.165) is 9.87 Å². The number of carbonyl (C=O) groups is 2.